The summed E-state index contributed by atoms with van der Waals surface area (Å²) in [5.74, 6) is -1.07. The maximum atomic E-state index is 11.4. The first kappa shape index (κ1) is 17.9. The molecule has 1 aromatic heterocycles. The van der Waals surface area contributed by atoms with Crippen LogP contribution in [0.25, 0.3) is 0 Å². The lowest BCUT2D eigenvalue weighted by atomic mass is 9.86. The van der Waals surface area contributed by atoms with Gasteiger partial charge in [-0.25, -0.2) is 9.78 Å². The van der Waals surface area contributed by atoms with Gasteiger partial charge in [0.05, 0.1) is 10.6 Å². The Kier molecular flexibility index (Phi) is 5.87. The van der Waals surface area contributed by atoms with E-state index in [9.17, 15) is 20.0 Å². The summed E-state index contributed by atoms with van der Waals surface area (Å²) in [6.07, 6.45) is 2.42. The van der Waals surface area contributed by atoms with E-state index in [0.29, 0.717) is 10.7 Å². The van der Waals surface area contributed by atoms with Gasteiger partial charge in [0, 0.05) is 12.6 Å². The minimum Gasteiger partial charge on any atom is -0.480 e. The molecule has 1 heterocycles. The van der Waals surface area contributed by atoms with Crippen molar-refractivity contribution in [3.63, 3.8) is 0 Å². The third kappa shape index (κ3) is 5.69. The molecule has 120 valence electrons. The van der Waals surface area contributed by atoms with Crippen molar-refractivity contribution in [2.45, 2.75) is 33.2 Å². The van der Waals surface area contributed by atoms with E-state index in [4.69, 9.17) is 11.6 Å². The molecule has 0 aliphatic heterocycles. The quantitative estimate of drug-likeness (QED) is 0.472. The Hall–Kier alpha value is -2.15. The number of pyridine rings is 1. The molecule has 0 saturated carbocycles. The van der Waals surface area contributed by atoms with Crippen LogP contribution >= 0.6 is 11.6 Å². The number of carbonyl (C=O) groups is 1. The fourth-order valence-corrected chi connectivity index (χ4v) is 1.94. The molecule has 0 radical (unpaired) electrons. The van der Waals surface area contributed by atoms with Crippen molar-refractivity contribution >= 4 is 17.6 Å². The number of hydrogen-bond donors (Lipinski definition) is 2. The van der Waals surface area contributed by atoms with Gasteiger partial charge in [0.1, 0.15) is 11.2 Å². The van der Waals surface area contributed by atoms with Crippen LogP contribution in [0, 0.1) is 15.5 Å². The maximum Gasteiger partial charge on any atom is 0.326 e. The summed E-state index contributed by atoms with van der Waals surface area (Å²) in [7, 11) is 0. The molecule has 0 aromatic carbocycles. The minimum absolute atomic E-state index is 0.158. The zero-order chi connectivity index (χ0) is 16.9. The zero-order valence-corrected chi connectivity index (χ0v) is 13.3. The van der Waals surface area contributed by atoms with E-state index in [1.165, 1.54) is 6.20 Å². The first-order chi connectivity index (χ1) is 10.1. The van der Waals surface area contributed by atoms with E-state index in [-0.39, 0.29) is 12.1 Å². The Balaban J connectivity index is 3.01. The van der Waals surface area contributed by atoms with Crippen LogP contribution in [0.3, 0.4) is 0 Å². The highest BCUT2D eigenvalue weighted by molar-refractivity contribution is 6.29. The number of carboxylic acid groups (broad SMARTS) is 1. The van der Waals surface area contributed by atoms with Crippen LogP contribution in [-0.2, 0) is 11.2 Å². The van der Waals surface area contributed by atoms with Gasteiger partial charge < -0.3 is 10.4 Å². The molecule has 0 aliphatic rings. The topological polar surface area (TPSA) is 105 Å². The van der Waals surface area contributed by atoms with Crippen molar-refractivity contribution in [3.8, 4) is 0 Å². The highest BCUT2D eigenvalue weighted by atomic mass is 35.5. The molecule has 1 rings (SSSR count). The molecule has 0 aliphatic carbocycles. The molecule has 22 heavy (non-hydrogen) atoms. The van der Waals surface area contributed by atoms with Crippen molar-refractivity contribution in [2.75, 3.05) is 0 Å². The molecule has 1 unspecified atom stereocenters. The second-order valence-electron chi connectivity index (χ2n) is 5.89. The van der Waals surface area contributed by atoms with E-state index < -0.39 is 22.3 Å². The van der Waals surface area contributed by atoms with Crippen molar-refractivity contribution in [1.82, 2.24) is 10.3 Å². The normalized spacial score (nSPS) is 13.5. The predicted molar refractivity (Wildman–Crippen MR) is 82.0 cm³/mol. The highest BCUT2D eigenvalue weighted by Crippen LogP contribution is 2.21. The van der Waals surface area contributed by atoms with E-state index in [0.717, 1.165) is 6.20 Å². The molecule has 8 heteroatoms. The molecule has 1 atom stereocenters. The zero-order valence-electron chi connectivity index (χ0n) is 12.5. The summed E-state index contributed by atoms with van der Waals surface area (Å²) >= 11 is 5.69. The number of hydrogen-bond acceptors (Lipinski definition) is 5. The Labute approximate surface area is 133 Å². The van der Waals surface area contributed by atoms with E-state index in [1.807, 2.05) is 0 Å². The van der Waals surface area contributed by atoms with Crippen LogP contribution < -0.4 is 5.32 Å². The number of nitrogens with zero attached hydrogens (tertiary/aromatic N) is 2. The maximum absolute atomic E-state index is 11.4. The number of rotatable bonds is 6. The van der Waals surface area contributed by atoms with Crippen LogP contribution in [0.15, 0.2) is 30.2 Å². The van der Waals surface area contributed by atoms with Crippen molar-refractivity contribution in [1.29, 1.82) is 0 Å². The number of allylic oxidation sites excluding steroid dienone is 1. The molecular weight excluding hydrogens is 310 g/mol. The smallest absolute Gasteiger partial charge is 0.326 e. The minimum atomic E-state index is -1.07. The first-order valence-corrected chi connectivity index (χ1v) is 6.91. The number of halogens is 1. The fraction of sp³-hybridized carbons (Fsp3) is 0.429. The second-order valence-corrected chi connectivity index (χ2v) is 6.27. The number of carboxylic acids is 1. The monoisotopic (exact) mass is 327 g/mol. The Bertz CT molecular complexity index is 579. The van der Waals surface area contributed by atoms with Gasteiger partial charge in [-0.3, -0.25) is 10.1 Å². The summed E-state index contributed by atoms with van der Waals surface area (Å²) in [5.41, 5.74) is 0.263. The van der Waals surface area contributed by atoms with Gasteiger partial charge in [-0.15, -0.1) is 0 Å². The highest BCUT2D eigenvalue weighted by Gasteiger charge is 2.32. The van der Waals surface area contributed by atoms with Crippen molar-refractivity contribution in [2.24, 2.45) is 5.41 Å². The molecule has 0 bridgehead atoms. The van der Waals surface area contributed by atoms with Crippen LogP contribution in [0.4, 0.5) is 0 Å². The number of aromatic nitrogens is 1. The largest absolute Gasteiger partial charge is 0.480 e. The molecule has 0 spiro atoms. The molecule has 0 amide bonds. The standard InChI is InChI=1S/C14H18ClN3O4/c1-14(2,3)12(13(19)20)17-10(8-18(21)22)6-9-4-5-11(15)16-7-9/h4-5,7-8,12,17H,6H2,1-3H3,(H,19,20)/b10-8-. The Morgan fingerprint density at radius 3 is 2.59 bits per heavy atom. The van der Waals surface area contributed by atoms with Crippen LogP contribution in [0.2, 0.25) is 5.15 Å². The second kappa shape index (κ2) is 7.22. The van der Waals surface area contributed by atoms with E-state index in [1.54, 1.807) is 32.9 Å². The van der Waals surface area contributed by atoms with Crippen LogP contribution in [-0.4, -0.2) is 27.0 Å². The molecule has 1 aromatic rings. The third-order valence-electron chi connectivity index (χ3n) is 2.89. The summed E-state index contributed by atoms with van der Waals surface area (Å²) in [6, 6.07) is 2.29. The lowest BCUT2D eigenvalue weighted by Gasteiger charge is -2.29. The molecule has 2 N–H and O–H groups in total. The number of nitro groups is 1. The van der Waals surface area contributed by atoms with Crippen molar-refractivity contribution < 1.29 is 14.8 Å². The Morgan fingerprint density at radius 2 is 2.18 bits per heavy atom. The average molecular weight is 328 g/mol. The molecule has 0 saturated heterocycles. The van der Waals surface area contributed by atoms with Gasteiger partial charge >= 0.3 is 5.97 Å². The van der Waals surface area contributed by atoms with E-state index in [2.05, 4.69) is 10.3 Å². The fourth-order valence-electron chi connectivity index (χ4n) is 1.83. The van der Waals surface area contributed by atoms with Gasteiger partial charge in [0.25, 0.3) is 6.20 Å². The predicted octanol–water partition coefficient (Wildman–Crippen LogP) is 2.48. The van der Waals surface area contributed by atoms with Gasteiger partial charge in [-0.2, -0.15) is 0 Å². The SMILES string of the molecule is CC(C)(C)C(N/C(=C\[N+](=O)[O-])Cc1ccc(Cl)nc1)C(=O)O. The summed E-state index contributed by atoms with van der Waals surface area (Å²) < 4.78 is 0. The summed E-state index contributed by atoms with van der Waals surface area (Å²) in [4.78, 5) is 25.4. The third-order valence-corrected chi connectivity index (χ3v) is 3.11. The summed E-state index contributed by atoms with van der Waals surface area (Å²) in [6.45, 7) is 5.23. The lowest BCUT2D eigenvalue weighted by molar-refractivity contribution is -0.403. The number of aliphatic carboxylic acids is 1. The van der Waals surface area contributed by atoms with Crippen LogP contribution in [0.5, 0.6) is 0 Å². The first-order valence-electron chi connectivity index (χ1n) is 6.53. The van der Waals surface area contributed by atoms with Crippen molar-refractivity contribution in [3.05, 3.63) is 51.1 Å². The molecule has 0 fully saturated rings. The van der Waals surface area contributed by atoms with Gasteiger partial charge in [0.15, 0.2) is 0 Å². The van der Waals surface area contributed by atoms with Crippen LogP contribution in [0.1, 0.15) is 26.3 Å². The molecular formula is C14H18ClN3O4. The average Bonchev–Trinajstić information content (AvgIpc) is 2.36. The van der Waals surface area contributed by atoms with Gasteiger partial charge in [-0.05, 0) is 17.0 Å². The van der Waals surface area contributed by atoms with E-state index >= 15 is 0 Å². The van der Waals surface area contributed by atoms with Gasteiger partial charge in [0.2, 0.25) is 0 Å². The summed E-state index contributed by atoms with van der Waals surface area (Å²) in [5, 5.41) is 23.1. The lowest BCUT2D eigenvalue weighted by Crippen LogP contribution is -2.46. The van der Waals surface area contributed by atoms with Gasteiger partial charge in [-0.1, -0.05) is 38.4 Å². The Morgan fingerprint density at radius 1 is 1.55 bits per heavy atom. The number of nitrogens with one attached hydrogen (secondary N) is 1. The molecule has 7 nitrogen and oxygen atoms in total.